The van der Waals surface area contributed by atoms with Gasteiger partial charge in [0.1, 0.15) is 0 Å². The molecule has 1 aliphatic heterocycles. The number of nitrogens with one attached hydrogen (secondary N) is 2. The molecule has 5 N–H and O–H groups in total. The van der Waals surface area contributed by atoms with Crippen LogP contribution < -0.4 is 16.4 Å². The van der Waals surface area contributed by atoms with E-state index < -0.39 is 6.29 Å². The van der Waals surface area contributed by atoms with Gasteiger partial charge in [-0.15, -0.1) is 5.10 Å². The monoisotopic (exact) mass is 721 g/mol. The molecule has 5 aromatic rings. The van der Waals surface area contributed by atoms with Crippen LogP contribution in [0.25, 0.3) is 11.1 Å². The summed E-state index contributed by atoms with van der Waals surface area (Å²) in [6.45, 7) is 0.378. The van der Waals surface area contributed by atoms with Crippen molar-refractivity contribution in [1.29, 1.82) is 0 Å². The first-order valence-corrected chi connectivity index (χ1v) is 18.3. The maximum absolute atomic E-state index is 12.6. The number of thioether (sulfide) groups is 1. The lowest BCUT2D eigenvalue weighted by molar-refractivity contribution is -0.245. The first kappa shape index (κ1) is 36.7. The number of nitrogens with two attached hydrogens (primary N) is 1. The van der Waals surface area contributed by atoms with E-state index in [0.29, 0.717) is 60.9 Å². The SMILES string of the molecule is Cn1nnnc1SC[C@H]1C[C@@H](c2ccc(CO)cc2)O[C@@H](c2cccc(-c3cccc(CNC(=O)CCCCC(=O)Nc4ccccc4N)c3)c2)O1. The fourth-order valence-electron chi connectivity index (χ4n) is 5.94. The number of ether oxygens (including phenoxy) is 2. The van der Waals surface area contributed by atoms with Crippen LogP contribution in [0, 0.1) is 0 Å². The summed E-state index contributed by atoms with van der Waals surface area (Å²) in [5, 5.41) is 27.9. The first-order valence-electron chi connectivity index (χ1n) is 17.3. The van der Waals surface area contributed by atoms with Crippen molar-refractivity contribution in [2.75, 3.05) is 16.8 Å². The topological polar surface area (TPSA) is 167 Å². The van der Waals surface area contributed by atoms with E-state index in [1.807, 2.05) is 79.8 Å². The molecule has 4 aromatic carbocycles. The summed E-state index contributed by atoms with van der Waals surface area (Å²) in [6, 6.07) is 31.2. The second kappa shape index (κ2) is 17.9. The van der Waals surface area contributed by atoms with Crippen LogP contribution in [0.3, 0.4) is 0 Å². The minimum absolute atomic E-state index is 0.0170. The molecule has 2 heterocycles. The Morgan fingerprint density at radius 2 is 1.63 bits per heavy atom. The molecule has 0 aliphatic carbocycles. The van der Waals surface area contributed by atoms with Gasteiger partial charge in [-0.1, -0.05) is 84.6 Å². The van der Waals surface area contributed by atoms with Crippen LogP contribution in [0.2, 0.25) is 0 Å². The highest BCUT2D eigenvalue weighted by atomic mass is 32.2. The lowest BCUT2D eigenvalue weighted by Gasteiger charge is -2.36. The van der Waals surface area contributed by atoms with Gasteiger partial charge >= 0.3 is 0 Å². The minimum atomic E-state index is -0.607. The molecule has 52 heavy (non-hydrogen) atoms. The largest absolute Gasteiger partial charge is 0.397 e. The number of aromatic nitrogens is 4. The van der Waals surface area contributed by atoms with E-state index in [2.05, 4.69) is 38.3 Å². The summed E-state index contributed by atoms with van der Waals surface area (Å²) in [5.41, 5.74) is 12.8. The molecule has 1 aromatic heterocycles. The highest BCUT2D eigenvalue weighted by Crippen LogP contribution is 2.40. The quantitative estimate of drug-likeness (QED) is 0.0563. The molecule has 2 amide bonds. The van der Waals surface area contributed by atoms with Crippen LogP contribution in [0.5, 0.6) is 0 Å². The number of aliphatic hydroxyl groups excluding tert-OH is 1. The number of aliphatic hydroxyl groups is 1. The zero-order valence-electron chi connectivity index (χ0n) is 29.0. The van der Waals surface area contributed by atoms with Gasteiger partial charge in [-0.2, -0.15) is 0 Å². The van der Waals surface area contributed by atoms with Crippen molar-refractivity contribution in [3.8, 4) is 11.1 Å². The van der Waals surface area contributed by atoms with E-state index in [1.54, 1.807) is 16.8 Å². The van der Waals surface area contributed by atoms with Crippen LogP contribution in [0.1, 0.15) is 66.8 Å². The van der Waals surface area contributed by atoms with Crippen molar-refractivity contribution in [1.82, 2.24) is 25.5 Å². The molecule has 3 atom stereocenters. The molecular formula is C39H43N7O5S. The maximum atomic E-state index is 12.6. The minimum Gasteiger partial charge on any atom is -0.397 e. The molecule has 13 heteroatoms. The van der Waals surface area contributed by atoms with E-state index in [4.69, 9.17) is 15.2 Å². The standard InChI is InChI=1S/C39H43N7O5S/c1-46-39(43-44-45-46)52-25-32-22-35(28-18-16-26(24-47)17-19-28)51-38(50-32)31-11-7-10-30(21-31)29-9-6-8-27(20-29)23-41-36(48)14-4-5-15-37(49)42-34-13-3-2-12-33(34)40/h2-3,6-13,16-21,32,35,38,47H,4-5,14-15,22-25,40H2,1H3,(H,41,48)(H,42,49)/t32-,35+,38+/m1/s1. The van der Waals surface area contributed by atoms with Gasteiger partial charge in [-0.3, -0.25) is 9.59 Å². The Morgan fingerprint density at radius 1 is 0.885 bits per heavy atom. The summed E-state index contributed by atoms with van der Waals surface area (Å²) < 4.78 is 14.8. The molecule has 1 saturated heterocycles. The fourth-order valence-corrected chi connectivity index (χ4v) is 6.81. The molecule has 6 rings (SSSR count). The number of para-hydroxylation sites is 2. The molecule has 0 radical (unpaired) electrons. The third-order valence-corrected chi connectivity index (χ3v) is 9.94. The Balaban J connectivity index is 1.05. The van der Waals surface area contributed by atoms with Crippen LogP contribution in [0.15, 0.2) is 102 Å². The third-order valence-electron chi connectivity index (χ3n) is 8.80. The third kappa shape index (κ3) is 10.0. The average Bonchev–Trinajstić information content (AvgIpc) is 3.60. The number of hydrogen-bond donors (Lipinski definition) is 4. The second-order valence-corrected chi connectivity index (χ2v) is 13.7. The number of carbonyl (C=O) groups excluding carboxylic acids is 2. The molecule has 0 spiro atoms. The van der Waals surface area contributed by atoms with Crippen molar-refractivity contribution in [2.45, 2.75) is 68.9 Å². The Kier molecular flexibility index (Phi) is 12.6. The van der Waals surface area contributed by atoms with Crippen molar-refractivity contribution in [3.63, 3.8) is 0 Å². The van der Waals surface area contributed by atoms with E-state index in [0.717, 1.165) is 33.4 Å². The summed E-state index contributed by atoms with van der Waals surface area (Å²) >= 11 is 1.54. The molecular weight excluding hydrogens is 679 g/mol. The van der Waals surface area contributed by atoms with E-state index in [-0.39, 0.29) is 30.6 Å². The first-order chi connectivity index (χ1) is 25.3. The number of unbranched alkanes of at least 4 members (excludes halogenated alkanes) is 1. The molecule has 12 nitrogen and oxygen atoms in total. The van der Waals surface area contributed by atoms with Crippen molar-refractivity contribution < 1.29 is 24.2 Å². The molecule has 0 saturated carbocycles. The van der Waals surface area contributed by atoms with Crippen LogP contribution in [-0.2, 0) is 39.3 Å². The predicted molar refractivity (Wildman–Crippen MR) is 200 cm³/mol. The van der Waals surface area contributed by atoms with Gasteiger partial charge in [-0.25, -0.2) is 4.68 Å². The molecule has 1 fully saturated rings. The zero-order valence-corrected chi connectivity index (χ0v) is 29.8. The van der Waals surface area contributed by atoms with Crippen LogP contribution in [-0.4, -0.2) is 49.0 Å². The number of amides is 2. The normalized spacial score (nSPS) is 17.1. The number of tetrazole rings is 1. The number of carbonyl (C=O) groups is 2. The van der Waals surface area contributed by atoms with Crippen molar-refractivity contribution in [2.24, 2.45) is 7.05 Å². The Morgan fingerprint density at radius 3 is 2.38 bits per heavy atom. The molecule has 1 aliphatic rings. The van der Waals surface area contributed by atoms with E-state index >= 15 is 0 Å². The van der Waals surface area contributed by atoms with Gasteiger partial charge in [0.2, 0.25) is 17.0 Å². The Hall–Kier alpha value is -5.08. The molecule has 0 unspecified atom stereocenters. The highest BCUT2D eigenvalue weighted by Gasteiger charge is 2.32. The summed E-state index contributed by atoms with van der Waals surface area (Å²) in [4.78, 5) is 24.9. The Labute approximate surface area is 307 Å². The summed E-state index contributed by atoms with van der Waals surface area (Å²) in [7, 11) is 1.81. The van der Waals surface area contributed by atoms with Crippen molar-refractivity contribution in [3.05, 3.63) is 119 Å². The second-order valence-electron chi connectivity index (χ2n) is 12.7. The van der Waals surface area contributed by atoms with Gasteiger partial charge in [0.25, 0.3) is 0 Å². The lowest BCUT2D eigenvalue weighted by atomic mass is 9.99. The molecule has 0 bridgehead atoms. The van der Waals surface area contributed by atoms with E-state index in [1.165, 1.54) is 11.8 Å². The number of aryl methyl sites for hydroxylation is 1. The lowest BCUT2D eigenvalue weighted by Crippen LogP contribution is -2.31. The van der Waals surface area contributed by atoms with Crippen molar-refractivity contribution >= 4 is 35.0 Å². The van der Waals surface area contributed by atoms with Crippen LogP contribution >= 0.6 is 11.8 Å². The average molecular weight is 722 g/mol. The predicted octanol–water partition coefficient (Wildman–Crippen LogP) is 6.10. The number of benzene rings is 4. The number of anilines is 2. The Bertz CT molecular complexity index is 1950. The highest BCUT2D eigenvalue weighted by molar-refractivity contribution is 7.99. The number of nitrogen functional groups attached to an aromatic ring is 1. The van der Waals surface area contributed by atoms with Gasteiger partial charge in [0.05, 0.1) is 30.2 Å². The maximum Gasteiger partial charge on any atom is 0.224 e. The summed E-state index contributed by atoms with van der Waals surface area (Å²) in [6.07, 6.45) is 1.56. The number of rotatable bonds is 15. The molecule has 270 valence electrons. The van der Waals surface area contributed by atoms with Gasteiger partial charge < -0.3 is 30.9 Å². The summed E-state index contributed by atoms with van der Waals surface area (Å²) in [5.74, 6) is 0.464. The smallest absolute Gasteiger partial charge is 0.224 e. The fraction of sp³-hybridized carbons (Fsp3) is 0.308. The van der Waals surface area contributed by atoms with E-state index in [9.17, 15) is 14.7 Å². The van der Waals surface area contributed by atoms with Crippen LogP contribution in [0.4, 0.5) is 11.4 Å². The van der Waals surface area contributed by atoms with Gasteiger partial charge in [-0.05, 0) is 75.4 Å². The zero-order chi connectivity index (χ0) is 36.3. The van der Waals surface area contributed by atoms with Gasteiger partial charge in [0, 0.05) is 44.2 Å². The number of hydrogen-bond acceptors (Lipinski definition) is 10. The number of nitrogens with zero attached hydrogens (tertiary/aromatic N) is 4. The van der Waals surface area contributed by atoms with Gasteiger partial charge in [0.15, 0.2) is 6.29 Å².